The number of carboxylic acids is 1. The van der Waals surface area contributed by atoms with Crippen molar-refractivity contribution in [1.82, 2.24) is 0 Å². The number of hydrogen-bond donors (Lipinski definition) is 2. The molecule has 0 aromatic heterocycles. The SMILES string of the molecule is N#Cc1c(F)cccc1NC1(CC(=O)O)CCCCC1. The van der Waals surface area contributed by atoms with Gasteiger partial charge in [0.25, 0.3) is 0 Å². The first-order valence-corrected chi connectivity index (χ1v) is 6.75. The molecule has 2 N–H and O–H groups in total. The summed E-state index contributed by atoms with van der Waals surface area (Å²) in [6.45, 7) is 0. The molecule has 0 saturated heterocycles. The molecule has 0 atom stereocenters. The van der Waals surface area contributed by atoms with Crippen LogP contribution in [0.25, 0.3) is 0 Å². The average Bonchev–Trinajstić information content (AvgIpc) is 2.39. The molecule has 1 fully saturated rings. The molecule has 0 unspecified atom stereocenters. The summed E-state index contributed by atoms with van der Waals surface area (Å²) in [7, 11) is 0. The van der Waals surface area contributed by atoms with Crippen LogP contribution < -0.4 is 5.32 Å². The number of hydrogen-bond acceptors (Lipinski definition) is 3. The number of nitriles is 1. The Morgan fingerprint density at radius 2 is 2.10 bits per heavy atom. The van der Waals surface area contributed by atoms with Gasteiger partial charge in [0.15, 0.2) is 0 Å². The lowest BCUT2D eigenvalue weighted by Crippen LogP contribution is -2.42. The summed E-state index contributed by atoms with van der Waals surface area (Å²) in [5.41, 5.74) is -0.248. The minimum absolute atomic E-state index is 0.0195. The van der Waals surface area contributed by atoms with Crippen molar-refractivity contribution < 1.29 is 14.3 Å². The normalized spacial score (nSPS) is 17.2. The van der Waals surface area contributed by atoms with E-state index >= 15 is 0 Å². The first kappa shape index (κ1) is 14.3. The van der Waals surface area contributed by atoms with E-state index in [1.165, 1.54) is 12.1 Å². The third-order valence-corrected chi connectivity index (χ3v) is 3.83. The van der Waals surface area contributed by atoms with Crippen molar-refractivity contribution >= 4 is 11.7 Å². The number of carboxylic acid groups (broad SMARTS) is 1. The lowest BCUT2D eigenvalue weighted by Gasteiger charge is -2.38. The highest BCUT2D eigenvalue weighted by atomic mass is 19.1. The number of benzene rings is 1. The standard InChI is InChI=1S/C15H17FN2O2/c16-12-5-4-6-13(11(12)10-17)18-15(9-14(19)20)7-2-1-3-8-15/h4-6,18H,1-3,7-9H2,(H,19,20). The van der Waals surface area contributed by atoms with Crippen molar-refractivity contribution in [2.75, 3.05) is 5.32 Å². The molecule has 1 aliphatic carbocycles. The van der Waals surface area contributed by atoms with Gasteiger partial charge in [-0.1, -0.05) is 25.3 Å². The van der Waals surface area contributed by atoms with Crippen molar-refractivity contribution in [2.45, 2.75) is 44.1 Å². The van der Waals surface area contributed by atoms with Gasteiger partial charge in [-0.05, 0) is 25.0 Å². The average molecular weight is 276 g/mol. The zero-order valence-electron chi connectivity index (χ0n) is 11.2. The third-order valence-electron chi connectivity index (χ3n) is 3.83. The van der Waals surface area contributed by atoms with E-state index in [-0.39, 0.29) is 12.0 Å². The molecule has 1 saturated carbocycles. The quantitative estimate of drug-likeness (QED) is 0.885. The maximum atomic E-state index is 13.6. The van der Waals surface area contributed by atoms with E-state index in [9.17, 15) is 9.18 Å². The van der Waals surface area contributed by atoms with Crippen molar-refractivity contribution in [3.8, 4) is 6.07 Å². The number of halogens is 1. The molecule has 0 radical (unpaired) electrons. The van der Waals surface area contributed by atoms with Crippen LogP contribution >= 0.6 is 0 Å². The molecule has 0 heterocycles. The smallest absolute Gasteiger partial charge is 0.305 e. The number of anilines is 1. The Morgan fingerprint density at radius 1 is 1.40 bits per heavy atom. The second-order valence-corrected chi connectivity index (χ2v) is 5.31. The largest absolute Gasteiger partial charge is 0.481 e. The van der Waals surface area contributed by atoms with Crippen LogP contribution in [0.1, 0.15) is 44.1 Å². The van der Waals surface area contributed by atoms with Gasteiger partial charge >= 0.3 is 5.97 Å². The Bertz CT molecular complexity index is 545. The summed E-state index contributed by atoms with van der Waals surface area (Å²) in [6, 6.07) is 6.22. The number of aliphatic carboxylic acids is 1. The maximum Gasteiger partial charge on any atom is 0.305 e. The molecule has 1 aromatic carbocycles. The van der Waals surface area contributed by atoms with Crippen LogP contribution in [0, 0.1) is 17.1 Å². The monoisotopic (exact) mass is 276 g/mol. The number of nitrogens with one attached hydrogen (secondary N) is 1. The van der Waals surface area contributed by atoms with E-state index in [0.717, 1.165) is 32.1 Å². The lowest BCUT2D eigenvalue weighted by atomic mass is 9.79. The molecule has 0 bridgehead atoms. The van der Waals surface area contributed by atoms with Crippen LogP contribution in [0.5, 0.6) is 0 Å². The van der Waals surface area contributed by atoms with Gasteiger partial charge in [-0.2, -0.15) is 5.26 Å². The summed E-state index contributed by atoms with van der Waals surface area (Å²) in [6.07, 6.45) is 4.39. The molecule has 1 aliphatic rings. The Kier molecular flexibility index (Phi) is 4.23. The molecular weight excluding hydrogens is 259 g/mol. The second-order valence-electron chi connectivity index (χ2n) is 5.31. The molecular formula is C15H17FN2O2. The third kappa shape index (κ3) is 3.08. The number of nitrogens with zero attached hydrogens (tertiary/aromatic N) is 1. The van der Waals surface area contributed by atoms with E-state index < -0.39 is 17.3 Å². The maximum absolute atomic E-state index is 13.6. The minimum atomic E-state index is -0.880. The predicted molar refractivity (Wildman–Crippen MR) is 72.8 cm³/mol. The highest BCUT2D eigenvalue weighted by Gasteiger charge is 2.35. The molecule has 0 spiro atoms. The summed E-state index contributed by atoms with van der Waals surface area (Å²) in [4.78, 5) is 11.1. The van der Waals surface area contributed by atoms with Crippen LogP contribution in [-0.2, 0) is 4.79 Å². The summed E-state index contributed by atoms with van der Waals surface area (Å²) in [5, 5.41) is 21.3. The molecule has 0 aliphatic heterocycles. The second kappa shape index (κ2) is 5.91. The number of rotatable bonds is 4. The van der Waals surface area contributed by atoms with Gasteiger partial charge in [0.2, 0.25) is 0 Å². The summed E-state index contributed by atoms with van der Waals surface area (Å²) in [5.74, 6) is -1.46. The van der Waals surface area contributed by atoms with Crippen molar-refractivity contribution in [3.05, 3.63) is 29.6 Å². The van der Waals surface area contributed by atoms with Gasteiger partial charge in [0.1, 0.15) is 17.4 Å². The molecule has 106 valence electrons. The van der Waals surface area contributed by atoms with E-state index in [4.69, 9.17) is 10.4 Å². The number of carbonyl (C=O) groups is 1. The van der Waals surface area contributed by atoms with E-state index in [0.29, 0.717) is 5.69 Å². The molecule has 5 heteroatoms. The fraction of sp³-hybridized carbons (Fsp3) is 0.467. The Labute approximate surface area is 117 Å². The topological polar surface area (TPSA) is 73.1 Å². The van der Waals surface area contributed by atoms with Gasteiger partial charge in [0, 0.05) is 5.54 Å². The lowest BCUT2D eigenvalue weighted by molar-refractivity contribution is -0.138. The fourth-order valence-corrected chi connectivity index (χ4v) is 2.89. The van der Waals surface area contributed by atoms with Crippen molar-refractivity contribution in [1.29, 1.82) is 5.26 Å². The molecule has 2 rings (SSSR count). The van der Waals surface area contributed by atoms with Crippen LogP contribution in [0.2, 0.25) is 0 Å². The van der Waals surface area contributed by atoms with Gasteiger partial charge in [-0.3, -0.25) is 4.79 Å². The van der Waals surface area contributed by atoms with Gasteiger partial charge in [0.05, 0.1) is 12.1 Å². The Balaban J connectivity index is 2.31. The first-order valence-electron chi connectivity index (χ1n) is 6.75. The van der Waals surface area contributed by atoms with Crippen LogP contribution in [0.15, 0.2) is 18.2 Å². The van der Waals surface area contributed by atoms with Crippen LogP contribution in [0.4, 0.5) is 10.1 Å². The molecule has 4 nitrogen and oxygen atoms in total. The van der Waals surface area contributed by atoms with Crippen molar-refractivity contribution in [3.63, 3.8) is 0 Å². The van der Waals surface area contributed by atoms with Crippen LogP contribution in [0.3, 0.4) is 0 Å². The van der Waals surface area contributed by atoms with Gasteiger partial charge < -0.3 is 10.4 Å². The van der Waals surface area contributed by atoms with Crippen LogP contribution in [-0.4, -0.2) is 16.6 Å². The van der Waals surface area contributed by atoms with E-state index in [1.54, 1.807) is 6.07 Å². The van der Waals surface area contributed by atoms with Gasteiger partial charge in [-0.25, -0.2) is 4.39 Å². The Morgan fingerprint density at radius 3 is 2.70 bits per heavy atom. The Hall–Kier alpha value is -2.09. The summed E-state index contributed by atoms with van der Waals surface area (Å²) >= 11 is 0. The fourth-order valence-electron chi connectivity index (χ4n) is 2.89. The summed E-state index contributed by atoms with van der Waals surface area (Å²) < 4.78 is 13.6. The van der Waals surface area contributed by atoms with E-state index in [1.807, 2.05) is 6.07 Å². The minimum Gasteiger partial charge on any atom is -0.481 e. The highest BCUT2D eigenvalue weighted by Crippen LogP contribution is 2.35. The van der Waals surface area contributed by atoms with Crippen molar-refractivity contribution in [2.24, 2.45) is 0 Å². The first-order chi connectivity index (χ1) is 9.56. The molecule has 20 heavy (non-hydrogen) atoms. The molecule has 0 amide bonds. The predicted octanol–water partition coefficient (Wildman–Crippen LogP) is 3.29. The molecule has 1 aromatic rings. The van der Waals surface area contributed by atoms with E-state index in [2.05, 4.69) is 5.32 Å². The zero-order valence-corrected chi connectivity index (χ0v) is 11.2. The zero-order chi connectivity index (χ0) is 14.6. The van der Waals surface area contributed by atoms with Gasteiger partial charge in [-0.15, -0.1) is 0 Å². The highest BCUT2D eigenvalue weighted by molar-refractivity contribution is 5.70.